The van der Waals surface area contributed by atoms with Gasteiger partial charge in [0, 0.05) is 17.2 Å². The van der Waals surface area contributed by atoms with Crippen molar-refractivity contribution < 1.29 is 14.5 Å². The van der Waals surface area contributed by atoms with E-state index in [1.54, 1.807) is 18.2 Å². The fourth-order valence-electron chi connectivity index (χ4n) is 1.67. The molecule has 2 aromatic rings. The number of hydrogen-bond donors (Lipinski definition) is 0. The van der Waals surface area contributed by atoms with Crippen LogP contribution in [0.3, 0.4) is 0 Å². The normalized spacial score (nSPS) is 9.81. The van der Waals surface area contributed by atoms with Crippen molar-refractivity contribution in [3.05, 3.63) is 57.1 Å². The number of benzene rings is 2. The second kappa shape index (κ2) is 6.17. The molecular weight excluding hydrogens is 296 g/mol. The molecule has 0 saturated carbocycles. The van der Waals surface area contributed by atoms with Crippen molar-refractivity contribution in [2.24, 2.45) is 4.99 Å². The van der Waals surface area contributed by atoms with E-state index < -0.39 is 4.92 Å². The Bertz CT molecular complexity index is 734. The molecule has 2 aromatic carbocycles. The van der Waals surface area contributed by atoms with E-state index in [2.05, 4.69) is 4.99 Å². The molecule has 0 fully saturated rings. The fraction of sp³-hybridized carbons (Fsp3) is 0.0714. The van der Waals surface area contributed by atoms with E-state index >= 15 is 0 Å². The van der Waals surface area contributed by atoms with E-state index in [1.807, 2.05) is 6.92 Å². The molecule has 6 nitrogen and oxygen atoms in total. The minimum absolute atomic E-state index is 0.0971. The van der Waals surface area contributed by atoms with E-state index in [1.165, 1.54) is 18.2 Å². The first kappa shape index (κ1) is 14.7. The first-order valence-electron chi connectivity index (χ1n) is 5.81. The van der Waals surface area contributed by atoms with Crippen LogP contribution >= 0.6 is 11.6 Å². The van der Waals surface area contributed by atoms with Gasteiger partial charge >= 0.3 is 0 Å². The summed E-state index contributed by atoms with van der Waals surface area (Å²) < 4.78 is 5.54. The zero-order chi connectivity index (χ0) is 15.4. The largest absolute Gasteiger partial charge is 0.457 e. The quantitative estimate of drug-likeness (QED) is 0.364. The summed E-state index contributed by atoms with van der Waals surface area (Å²) in [5, 5.41) is 11.4. The maximum Gasteiger partial charge on any atom is 0.275 e. The van der Waals surface area contributed by atoms with Crippen LogP contribution in [0, 0.1) is 17.0 Å². The van der Waals surface area contributed by atoms with Crippen LogP contribution in [0.5, 0.6) is 11.5 Å². The van der Waals surface area contributed by atoms with E-state index in [9.17, 15) is 14.9 Å². The number of isocyanates is 1. The van der Waals surface area contributed by atoms with E-state index in [0.29, 0.717) is 10.8 Å². The number of aliphatic imine (C=N–C) groups is 1. The Balaban J connectivity index is 2.40. The van der Waals surface area contributed by atoms with Gasteiger partial charge in [0.25, 0.3) is 5.69 Å². The molecule has 0 amide bonds. The number of carbonyl (C=O) groups excluding carboxylic acids is 1. The minimum atomic E-state index is -0.593. The number of aryl methyl sites for hydroxylation is 1. The standard InChI is InChI=1S/C14H9ClN2O4/c1-9-4-12(2-3-14(9)15)21-13-6-10(16-8-18)5-11(7-13)17(19)20/h2-7H,1H3. The second-order valence-corrected chi connectivity index (χ2v) is 4.57. The summed E-state index contributed by atoms with van der Waals surface area (Å²) in [5.74, 6) is 0.665. The van der Waals surface area contributed by atoms with Crippen molar-refractivity contribution in [2.45, 2.75) is 6.92 Å². The van der Waals surface area contributed by atoms with Gasteiger partial charge in [0.2, 0.25) is 6.08 Å². The predicted molar refractivity (Wildman–Crippen MR) is 77.1 cm³/mol. The Morgan fingerprint density at radius 3 is 2.62 bits per heavy atom. The Hall–Kier alpha value is -2.69. The van der Waals surface area contributed by atoms with E-state index in [0.717, 1.165) is 11.6 Å². The first-order chi connectivity index (χ1) is 9.99. The molecule has 0 aliphatic carbocycles. The summed E-state index contributed by atoms with van der Waals surface area (Å²) in [6, 6.07) is 8.80. The summed E-state index contributed by atoms with van der Waals surface area (Å²) in [7, 11) is 0. The number of hydrogen-bond acceptors (Lipinski definition) is 5. The molecule has 2 rings (SSSR count). The Labute approximate surface area is 124 Å². The lowest BCUT2D eigenvalue weighted by Crippen LogP contribution is -1.90. The van der Waals surface area contributed by atoms with Crippen molar-refractivity contribution >= 4 is 29.1 Å². The highest BCUT2D eigenvalue weighted by atomic mass is 35.5. The lowest BCUT2D eigenvalue weighted by molar-refractivity contribution is -0.384. The smallest absolute Gasteiger partial charge is 0.275 e. The van der Waals surface area contributed by atoms with Crippen LogP contribution in [-0.4, -0.2) is 11.0 Å². The van der Waals surface area contributed by atoms with Crippen LogP contribution in [0.15, 0.2) is 41.4 Å². The van der Waals surface area contributed by atoms with Crippen LogP contribution < -0.4 is 4.74 Å². The average Bonchev–Trinajstić information content (AvgIpc) is 2.43. The van der Waals surface area contributed by atoms with Gasteiger partial charge in [-0.25, -0.2) is 4.79 Å². The molecule has 21 heavy (non-hydrogen) atoms. The topological polar surface area (TPSA) is 81.8 Å². The zero-order valence-corrected chi connectivity index (χ0v) is 11.6. The van der Waals surface area contributed by atoms with Gasteiger partial charge in [0.05, 0.1) is 16.7 Å². The third kappa shape index (κ3) is 3.66. The first-order valence-corrected chi connectivity index (χ1v) is 6.19. The van der Waals surface area contributed by atoms with Crippen molar-refractivity contribution in [2.75, 3.05) is 0 Å². The average molecular weight is 305 g/mol. The highest BCUT2D eigenvalue weighted by Crippen LogP contribution is 2.32. The van der Waals surface area contributed by atoms with Crippen LogP contribution in [0.25, 0.3) is 0 Å². The van der Waals surface area contributed by atoms with Crippen LogP contribution in [-0.2, 0) is 4.79 Å². The number of non-ortho nitro benzene ring substituents is 1. The van der Waals surface area contributed by atoms with Gasteiger partial charge in [-0.2, -0.15) is 4.99 Å². The van der Waals surface area contributed by atoms with Crippen molar-refractivity contribution in [1.82, 2.24) is 0 Å². The lowest BCUT2D eigenvalue weighted by atomic mass is 10.2. The third-order valence-corrected chi connectivity index (χ3v) is 3.05. The molecule has 0 aliphatic rings. The van der Waals surface area contributed by atoms with Gasteiger partial charge in [-0.1, -0.05) is 11.6 Å². The molecule has 0 spiro atoms. The Morgan fingerprint density at radius 1 is 1.24 bits per heavy atom. The van der Waals surface area contributed by atoms with E-state index in [4.69, 9.17) is 16.3 Å². The molecule has 0 saturated heterocycles. The van der Waals surface area contributed by atoms with Gasteiger partial charge in [-0.15, -0.1) is 0 Å². The van der Waals surface area contributed by atoms with E-state index in [-0.39, 0.29) is 17.1 Å². The molecule has 106 valence electrons. The number of nitro benzene ring substituents is 1. The molecule has 0 bridgehead atoms. The number of halogens is 1. The van der Waals surface area contributed by atoms with Crippen LogP contribution in [0.2, 0.25) is 5.02 Å². The predicted octanol–water partition coefficient (Wildman–Crippen LogP) is 4.32. The maximum atomic E-state index is 10.9. The number of nitrogens with zero attached hydrogens (tertiary/aromatic N) is 2. The monoisotopic (exact) mass is 304 g/mol. The van der Waals surface area contributed by atoms with Crippen molar-refractivity contribution in [1.29, 1.82) is 0 Å². The second-order valence-electron chi connectivity index (χ2n) is 4.16. The third-order valence-electron chi connectivity index (χ3n) is 2.63. The highest BCUT2D eigenvalue weighted by molar-refractivity contribution is 6.31. The van der Waals surface area contributed by atoms with Gasteiger partial charge in [-0.3, -0.25) is 10.1 Å². The molecular formula is C14H9ClN2O4. The molecule has 0 aromatic heterocycles. The lowest BCUT2D eigenvalue weighted by Gasteiger charge is -2.07. The molecule has 0 unspecified atom stereocenters. The van der Waals surface area contributed by atoms with Gasteiger partial charge < -0.3 is 4.74 Å². The maximum absolute atomic E-state index is 10.9. The number of rotatable bonds is 4. The Kier molecular flexibility index (Phi) is 4.33. The highest BCUT2D eigenvalue weighted by Gasteiger charge is 2.11. The number of ether oxygens (including phenoxy) is 1. The molecule has 7 heteroatoms. The SMILES string of the molecule is Cc1cc(Oc2cc(N=C=O)cc([N+](=O)[O-])c2)ccc1Cl. The van der Waals surface area contributed by atoms with Crippen LogP contribution in [0.1, 0.15) is 5.56 Å². The van der Waals surface area contributed by atoms with Gasteiger partial charge in [0.1, 0.15) is 11.5 Å². The minimum Gasteiger partial charge on any atom is -0.457 e. The van der Waals surface area contributed by atoms with Gasteiger partial charge in [0.15, 0.2) is 0 Å². The van der Waals surface area contributed by atoms with Crippen LogP contribution in [0.4, 0.5) is 11.4 Å². The van der Waals surface area contributed by atoms with Crippen molar-refractivity contribution in [3.8, 4) is 11.5 Å². The summed E-state index contributed by atoms with van der Waals surface area (Å²) in [5.41, 5.74) is 0.679. The molecule has 0 N–H and O–H groups in total. The molecule has 0 heterocycles. The molecule has 0 atom stereocenters. The summed E-state index contributed by atoms with van der Waals surface area (Å²) in [6.45, 7) is 1.81. The molecule has 0 aliphatic heterocycles. The van der Waals surface area contributed by atoms with Crippen molar-refractivity contribution in [3.63, 3.8) is 0 Å². The Morgan fingerprint density at radius 2 is 2.00 bits per heavy atom. The fourth-order valence-corrected chi connectivity index (χ4v) is 1.78. The summed E-state index contributed by atoms with van der Waals surface area (Å²) in [4.78, 5) is 23.9. The number of nitro groups is 1. The summed E-state index contributed by atoms with van der Waals surface area (Å²) in [6.07, 6.45) is 1.34. The van der Waals surface area contributed by atoms with Gasteiger partial charge in [-0.05, 0) is 30.7 Å². The zero-order valence-electron chi connectivity index (χ0n) is 10.9. The molecule has 0 radical (unpaired) electrons. The summed E-state index contributed by atoms with van der Waals surface area (Å²) >= 11 is 5.91.